The van der Waals surface area contributed by atoms with E-state index in [9.17, 15) is 4.79 Å². The third-order valence-electron chi connectivity index (χ3n) is 3.32. The quantitative estimate of drug-likeness (QED) is 0.505. The number of halogens is 1. The monoisotopic (exact) mass is 367 g/mol. The van der Waals surface area contributed by atoms with Crippen LogP contribution in [0.1, 0.15) is 21.8 Å². The van der Waals surface area contributed by atoms with Gasteiger partial charge in [0, 0.05) is 9.86 Å². The fraction of sp³-hybridized carbons (Fsp3) is 0. The molecule has 0 bridgehead atoms. The Morgan fingerprint density at radius 2 is 2.17 bits per heavy atom. The molecule has 0 fully saturated rings. The van der Waals surface area contributed by atoms with Crippen molar-refractivity contribution < 1.29 is 9.21 Å². The van der Waals surface area contributed by atoms with Gasteiger partial charge in [0.2, 0.25) is 5.78 Å². The van der Waals surface area contributed by atoms with Crippen LogP contribution in [0, 0.1) is 11.3 Å². The number of nitrogens with zero attached hydrogens (tertiary/aromatic N) is 5. The molecule has 0 spiro atoms. The van der Waals surface area contributed by atoms with E-state index in [0.29, 0.717) is 16.8 Å². The smallest absolute Gasteiger partial charge is 0.249 e. The average molecular weight is 368 g/mol. The maximum Gasteiger partial charge on any atom is 0.249 e. The molecule has 4 rings (SSSR count). The number of furan rings is 1. The predicted octanol–water partition coefficient (Wildman–Crippen LogP) is 2.74. The minimum Gasteiger partial charge on any atom is -0.453 e. The van der Waals surface area contributed by atoms with E-state index >= 15 is 0 Å². The van der Waals surface area contributed by atoms with Crippen LogP contribution in [0.2, 0.25) is 0 Å². The number of ketones is 1. The molecule has 0 saturated heterocycles. The molecule has 0 radical (unpaired) electrons. The summed E-state index contributed by atoms with van der Waals surface area (Å²) in [7, 11) is 0. The van der Waals surface area contributed by atoms with E-state index in [0.717, 1.165) is 9.86 Å². The first kappa shape index (κ1) is 13.6. The van der Waals surface area contributed by atoms with Crippen molar-refractivity contribution in [1.82, 2.24) is 19.8 Å². The number of carbonyl (C=O) groups excluding carboxylic acids is 1. The van der Waals surface area contributed by atoms with Crippen molar-refractivity contribution in [1.29, 1.82) is 5.26 Å². The first-order chi connectivity index (χ1) is 11.2. The van der Waals surface area contributed by atoms with Crippen molar-refractivity contribution in [2.45, 2.75) is 0 Å². The van der Waals surface area contributed by atoms with Crippen LogP contribution in [0.25, 0.3) is 16.6 Å². The van der Waals surface area contributed by atoms with Gasteiger partial charge in [-0.25, -0.2) is 4.52 Å². The maximum absolute atomic E-state index is 12.5. The lowest BCUT2D eigenvalue weighted by Crippen LogP contribution is -2.07. The van der Waals surface area contributed by atoms with E-state index in [1.165, 1.54) is 16.9 Å². The van der Waals surface area contributed by atoms with Crippen LogP contribution >= 0.6 is 15.9 Å². The van der Waals surface area contributed by atoms with Crippen LogP contribution in [0.3, 0.4) is 0 Å². The zero-order valence-corrected chi connectivity index (χ0v) is 13.0. The molecule has 110 valence electrons. The van der Waals surface area contributed by atoms with E-state index in [-0.39, 0.29) is 11.5 Å². The Labute approximate surface area is 137 Å². The van der Waals surface area contributed by atoms with Crippen molar-refractivity contribution >= 4 is 38.3 Å². The zero-order valence-electron chi connectivity index (χ0n) is 11.4. The van der Waals surface area contributed by atoms with Crippen molar-refractivity contribution in [3.63, 3.8) is 0 Å². The molecule has 0 atom stereocenters. The molecule has 0 aliphatic carbocycles. The number of aromatic nitrogens is 4. The topological polar surface area (TPSA) is 97.1 Å². The van der Waals surface area contributed by atoms with Crippen molar-refractivity contribution in [2.24, 2.45) is 0 Å². The number of hydrogen-bond donors (Lipinski definition) is 0. The summed E-state index contributed by atoms with van der Waals surface area (Å²) in [6.07, 6.45) is 2.80. The van der Waals surface area contributed by atoms with E-state index in [1.807, 2.05) is 18.2 Å². The van der Waals surface area contributed by atoms with E-state index < -0.39 is 5.78 Å². The van der Waals surface area contributed by atoms with Gasteiger partial charge in [0.25, 0.3) is 0 Å². The van der Waals surface area contributed by atoms with E-state index in [1.54, 1.807) is 12.1 Å². The van der Waals surface area contributed by atoms with Crippen LogP contribution in [0.5, 0.6) is 0 Å². The summed E-state index contributed by atoms with van der Waals surface area (Å²) in [5.41, 5.74) is 1.29. The molecular weight excluding hydrogens is 362 g/mol. The highest BCUT2D eigenvalue weighted by molar-refractivity contribution is 9.10. The third-order valence-corrected chi connectivity index (χ3v) is 3.81. The van der Waals surface area contributed by atoms with Crippen LogP contribution in [0.4, 0.5) is 0 Å². The molecule has 0 unspecified atom stereocenters. The highest BCUT2D eigenvalue weighted by atomic mass is 79.9. The molecule has 3 aromatic heterocycles. The summed E-state index contributed by atoms with van der Waals surface area (Å²) < 4.78 is 7.80. The number of carbonyl (C=O) groups is 1. The Hall–Kier alpha value is -3.05. The summed E-state index contributed by atoms with van der Waals surface area (Å²) in [5.74, 6) is -0.236. The summed E-state index contributed by atoms with van der Waals surface area (Å²) in [6.45, 7) is 0. The second kappa shape index (κ2) is 5.00. The van der Waals surface area contributed by atoms with E-state index in [4.69, 9.17) is 9.68 Å². The molecule has 4 aromatic rings. The van der Waals surface area contributed by atoms with Gasteiger partial charge in [-0.1, -0.05) is 15.9 Å². The number of nitriles is 1. The Balaban J connectivity index is 1.79. The second-order valence-corrected chi connectivity index (χ2v) is 5.69. The molecule has 23 heavy (non-hydrogen) atoms. The van der Waals surface area contributed by atoms with Gasteiger partial charge in [-0.3, -0.25) is 4.79 Å². The Bertz CT molecular complexity index is 1120. The van der Waals surface area contributed by atoms with Gasteiger partial charge in [0.1, 0.15) is 17.2 Å². The summed E-state index contributed by atoms with van der Waals surface area (Å²) >= 11 is 3.37. The largest absolute Gasteiger partial charge is 0.453 e. The maximum atomic E-state index is 12.5. The normalized spacial score (nSPS) is 11.0. The highest BCUT2D eigenvalue weighted by Crippen LogP contribution is 2.24. The summed E-state index contributed by atoms with van der Waals surface area (Å²) in [5, 5.41) is 21.5. The van der Waals surface area contributed by atoms with Crippen LogP contribution < -0.4 is 0 Å². The van der Waals surface area contributed by atoms with Gasteiger partial charge in [-0.05, 0) is 24.3 Å². The predicted molar refractivity (Wildman–Crippen MR) is 82.8 cm³/mol. The standard InChI is InChI=1S/C15H6BrN5O2/c16-10-1-2-12-8(3-10)4-13(23-12)14(22)11-7-21-15(20-19-11)9(5-17)6-18-21/h1-4,6-7H. The number of benzene rings is 1. The minimum absolute atomic E-state index is 0.0863. The lowest BCUT2D eigenvalue weighted by molar-refractivity contribution is 0.100. The van der Waals surface area contributed by atoms with Gasteiger partial charge >= 0.3 is 0 Å². The molecule has 0 saturated carbocycles. The zero-order chi connectivity index (χ0) is 16.0. The van der Waals surface area contributed by atoms with Crippen LogP contribution in [0.15, 0.2) is 45.5 Å². The molecule has 0 aliphatic rings. The van der Waals surface area contributed by atoms with Crippen LogP contribution in [-0.2, 0) is 0 Å². The molecule has 7 nitrogen and oxygen atoms in total. The van der Waals surface area contributed by atoms with Crippen LogP contribution in [-0.4, -0.2) is 25.6 Å². The molecule has 0 N–H and O–H groups in total. The Kier molecular flexibility index (Phi) is 2.96. The highest BCUT2D eigenvalue weighted by Gasteiger charge is 2.18. The van der Waals surface area contributed by atoms with E-state index in [2.05, 4.69) is 31.2 Å². The van der Waals surface area contributed by atoms with Gasteiger partial charge in [0.15, 0.2) is 17.1 Å². The molecular formula is C15H6BrN5O2. The molecule has 8 heteroatoms. The fourth-order valence-corrected chi connectivity index (χ4v) is 2.61. The summed E-state index contributed by atoms with van der Waals surface area (Å²) in [6, 6.07) is 9.08. The molecule has 0 aliphatic heterocycles. The van der Waals surface area contributed by atoms with Crippen molar-refractivity contribution in [3.8, 4) is 6.07 Å². The lowest BCUT2D eigenvalue weighted by Gasteiger charge is -1.97. The number of rotatable bonds is 2. The Morgan fingerprint density at radius 3 is 3.00 bits per heavy atom. The molecule has 3 heterocycles. The average Bonchev–Trinajstić information content (AvgIpc) is 3.16. The number of hydrogen-bond acceptors (Lipinski definition) is 6. The molecule has 0 amide bonds. The van der Waals surface area contributed by atoms with Gasteiger partial charge in [-0.2, -0.15) is 10.4 Å². The van der Waals surface area contributed by atoms with Crippen molar-refractivity contribution in [3.05, 3.63) is 58.1 Å². The van der Waals surface area contributed by atoms with Gasteiger partial charge in [-0.15, -0.1) is 10.2 Å². The first-order valence-electron chi connectivity index (χ1n) is 6.50. The second-order valence-electron chi connectivity index (χ2n) is 4.77. The Morgan fingerprint density at radius 1 is 1.30 bits per heavy atom. The van der Waals surface area contributed by atoms with Gasteiger partial charge in [0.05, 0.1) is 12.4 Å². The number of fused-ring (bicyclic) bond motifs is 2. The fourth-order valence-electron chi connectivity index (χ4n) is 2.23. The first-order valence-corrected chi connectivity index (χ1v) is 7.30. The summed E-state index contributed by atoms with van der Waals surface area (Å²) in [4.78, 5) is 12.5. The SMILES string of the molecule is N#Cc1cnn2cc(C(=O)c3cc4cc(Br)ccc4o3)nnc12. The van der Waals surface area contributed by atoms with Crippen molar-refractivity contribution in [2.75, 3.05) is 0 Å². The lowest BCUT2D eigenvalue weighted by atomic mass is 10.2. The van der Waals surface area contributed by atoms with Gasteiger partial charge < -0.3 is 4.42 Å². The third kappa shape index (κ3) is 2.18. The molecule has 1 aromatic carbocycles. The minimum atomic E-state index is -0.402.